The van der Waals surface area contributed by atoms with Gasteiger partial charge in [-0.25, -0.2) is 0 Å². The molecule has 1 aromatic carbocycles. The summed E-state index contributed by atoms with van der Waals surface area (Å²) >= 11 is 0. The molecule has 0 saturated carbocycles. The van der Waals surface area contributed by atoms with Crippen molar-refractivity contribution in [3.05, 3.63) is 29.8 Å². The molecule has 1 heterocycles. The maximum Gasteiger partial charge on any atom is 0.308 e. The number of carbonyl (C=O) groups excluding carboxylic acids is 1. The molecule has 2 rings (SSSR count). The standard InChI is InChI=1S/C16H22N2O3/c1-16(2,12-5-7-13(17)8-6-12)15(21)18-9-3-4-11(10-18)14(19)20/h5-8,11H,3-4,9-10,17H2,1-2H3,(H,19,20). The smallest absolute Gasteiger partial charge is 0.308 e. The molecule has 5 nitrogen and oxygen atoms in total. The number of carboxylic acids is 1. The van der Waals surface area contributed by atoms with Crippen LogP contribution in [0.3, 0.4) is 0 Å². The van der Waals surface area contributed by atoms with Gasteiger partial charge >= 0.3 is 5.97 Å². The molecule has 1 unspecified atom stereocenters. The van der Waals surface area contributed by atoms with E-state index in [2.05, 4.69) is 0 Å². The number of nitrogens with zero attached hydrogens (tertiary/aromatic N) is 1. The van der Waals surface area contributed by atoms with Crippen LogP contribution in [0.4, 0.5) is 5.69 Å². The molecule has 1 fully saturated rings. The predicted molar refractivity (Wildman–Crippen MR) is 80.8 cm³/mol. The molecule has 3 N–H and O–H groups in total. The Labute approximate surface area is 124 Å². The normalized spacial score (nSPS) is 19.3. The molecule has 21 heavy (non-hydrogen) atoms. The number of hydrogen-bond acceptors (Lipinski definition) is 3. The van der Waals surface area contributed by atoms with Crippen molar-refractivity contribution in [1.29, 1.82) is 0 Å². The molecular formula is C16H22N2O3. The van der Waals surface area contributed by atoms with E-state index in [1.54, 1.807) is 17.0 Å². The summed E-state index contributed by atoms with van der Waals surface area (Å²) in [5.41, 5.74) is 6.54. The summed E-state index contributed by atoms with van der Waals surface area (Å²) in [5, 5.41) is 9.14. The van der Waals surface area contributed by atoms with Gasteiger partial charge in [0.25, 0.3) is 0 Å². The number of nitrogen functional groups attached to an aromatic ring is 1. The van der Waals surface area contributed by atoms with Crippen LogP contribution in [-0.4, -0.2) is 35.0 Å². The van der Waals surface area contributed by atoms with Crippen LogP contribution >= 0.6 is 0 Å². The minimum atomic E-state index is -0.821. The van der Waals surface area contributed by atoms with Gasteiger partial charge in [-0.3, -0.25) is 9.59 Å². The number of carbonyl (C=O) groups is 2. The molecule has 0 spiro atoms. The van der Waals surface area contributed by atoms with Gasteiger partial charge < -0.3 is 15.7 Å². The first-order valence-corrected chi connectivity index (χ1v) is 7.20. The second-order valence-electron chi connectivity index (χ2n) is 6.18. The molecule has 1 saturated heterocycles. The van der Waals surface area contributed by atoms with Gasteiger partial charge in [-0.1, -0.05) is 12.1 Å². The largest absolute Gasteiger partial charge is 0.481 e. The van der Waals surface area contributed by atoms with Crippen LogP contribution in [0, 0.1) is 5.92 Å². The molecular weight excluding hydrogens is 268 g/mol. The second-order valence-corrected chi connectivity index (χ2v) is 6.18. The van der Waals surface area contributed by atoms with Crippen LogP contribution in [0.15, 0.2) is 24.3 Å². The van der Waals surface area contributed by atoms with E-state index in [-0.39, 0.29) is 5.91 Å². The molecule has 0 aromatic heterocycles. The number of aliphatic carboxylic acids is 1. The lowest BCUT2D eigenvalue weighted by Gasteiger charge is -2.36. The first kappa shape index (κ1) is 15.4. The number of rotatable bonds is 3. The van der Waals surface area contributed by atoms with Crippen molar-refractivity contribution in [2.45, 2.75) is 32.1 Å². The van der Waals surface area contributed by atoms with E-state index in [4.69, 9.17) is 10.8 Å². The third-order valence-electron chi connectivity index (χ3n) is 4.22. The third kappa shape index (κ3) is 3.17. The molecule has 1 aliphatic rings. The summed E-state index contributed by atoms with van der Waals surface area (Å²) in [6.07, 6.45) is 1.38. The summed E-state index contributed by atoms with van der Waals surface area (Å²) in [6, 6.07) is 7.26. The molecule has 1 aromatic rings. The van der Waals surface area contributed by atoms with Gasteiger partial charge in [-0.15, -0.1) is 0 Å². The Bertz CT molecular complexity index is 537. The number of anilines is 1. The Morgan fingerprint density at radius 3 is 2.48 bits per heavy atom. The molecule has 1 atom stereocenters. The summed E-state index contributed by atoms with van der Waals surface area (Å²) in [5.74, 6) is -1.30. The molecule has 0 radical (unpaired) electrons. The number of amides is 1. The summed E-state index contributed by atoms with van der Waals surface area (Å²) < 4.78 is 0. The Balaban J connectivity index is 2.17. The number of piperidine rings is 1. The van der Waals surface area contributed by atoms with Crippen molar-refractivity contribution in [1.82, 2.24) is 4.90 Å². The number of carboxylic acid groups (broad SMARTS) is 1. The topological polar surface area (TPSA) is 83.6 Å². The van der Waals surface area contributed by atoms with E-state index in [0.717, 1.165) is 12.0 Å². The zero-order valence-corrected chi connectivity index (χ0v) is 12.5. The van der Waals surface area contributed by atoms with E-state index >= 15 is 0 Å². The van der Waals surface area contributed by atoms with Crippen molar-refractivity contribution >= 4 is 17.6 Å². The highest BCUT2D eigenvalue weighted by molar-refractivity contribution is 5.88. The number of benzene rings is 1. The fourth-order valence-electron chi connectivity index (χ4n) is 2.78. The molecule has 1 amide bonds. The van der Waals surface area contributed by atoms with Gasteiger partial charge in [0.1, 0.15) is 0 Å². The lowest BCUT2D eigenvalue weighted by atomic mass is 9.82. The van der Waals surface area contributed by atoms with E-state index in [1.807, 2.05) is 26.0 Å². The fraction of sp³-hybridized carbons (Fsp3) is 0.500. The Morgan fingerprint density at radius 1 is 1.29 bits per heavy atom. The lowest BCUT2D eigenvalue weighted by molar-refractivity contribution is -0.147. The van der Waals surface area contributed by atoms with Crippen molar-refractivity contribution in [2.24, 2.45) is 5.92 Å². The van der Waals surface area contributed by atoms with Crippen LogP contribution in [0.2, 0.25) is 0 Å². The van der Waals surface area contributed by atoms with Crippen molar-refractivity contribution in [3.8, 4) is 0 Å². The van der Waals surface area contributed by atoms with Gasteiger partial charge in [-0.2, -0.15) is 0 Å². The first-order chi connectivity index (χ1) is 9.82. The van der Waals surface area contributed by atoms with E-state index in [0.29, 0.717) is 25.2 Å². The van der Waals surface area contributed by atoms with Crippen LogP contribution in [-0.2, 0) is 15.0 Å². The van der Waals surface area contributed by atoms with Crippen molar-refractivity contribution < 1.29 is 14.7 Å². The minimum Gasteiger partial charge on any atom is -0.481 e. The lowest BCUT2D eigenvalue weighted by Crippen LogP contribution is -2.49. The highest BCUT2D eigenvalue weighted by Gasteiger charge is 2.37. The minimum absolute atomic E-state index is 0.0294. The van der Waals surface area contributed by atoms with Gasteiger partial charge in [0.05, 0.1) is 11.3 Å². The molecule has 5 heteroatoms. The van der Waals surface area contributed by atoms with Gasteiger partial charge in [0.2, 0.25) is 5.91 Å². The SMILES string of the molecule is CC(C)(C(=O)N1CCCC(C(=O)O)C1)c1ccc(N)cc1. The third-order valence-corrected chi connectivity index (χ3v) is 4.22. The van der Waals surface area contributed by atoms with E-state index in [9.17, 15) is 9.59 Å². The molecule has 114 valence electrons. The summed E-state index contributed by atoms with van der Waals surface area (Å²) in [6.45, 7) is 4.66. The Kier molecular flexibility index (Phi) is 4.21. The number of hydrogen-bond donors (Lipinski definition) is 2. The van der Waals surface area contributed by atoms with Crippen molar-refractivity contribution in [2.75, 3.05) is 18.8 Å². The Morgan fingerprint density at radius 2 is 1.90 bits per heavy atom. The molecule has 1 aliphatic heterocycles. The van der Waals surface area contributed by atoms with Gasteiger partial charge in [-0.05, 0) is 44.4 Å². The summed E-state index contributed by atoms with van der Waals surface area (Å²) in [4.78, 5) is 25.6. The Hall–Kier alpha value is -2.04. The predicted octanol–water partition coefficient (Wildman–Crippen LogP) is 1.87. The number of nitrogens with two attached hydrogens (primary N) is 1. The van der Waals surface area contributed by atoms with Gasteiger partial charge in [0, 0.05) is 18.8 Å². The maximum absolute atomic E-state index is 12.8. The van der Waals surface area contributed by atoms with E-state index < -0.39 is 17.3 Å². The zero-order valence-electron chi connectivity index (χ0n) is 12.5. The fourth-order valence-corrected chi connectivity index (χ4v) is 2.78. The highest BCUT2D eigenvalue weighted by atomic mass is 16.4. The van der Waals surface area contributed by atoms with E-state index in [1.165, 1.54) is 0 Å². The van der Waals surface area contributed by atoms with Crippen LogP contribution in [0.5, 0.6) is 0 Å². The average molecular weight is 290 g/mol. The van der Waals surface area contributed by atoms with Gasteiger partial charge in [0.15, 0.2) is 0 Å². The monoisotopic (exact) mass is 290 g/mol. The first-order valence-electron chi connectivity index (χ1n) is 7.20. The highest BCUT2D eigenvalue weighted by Crippen LogP contribution is 2.29. The number of likely N-dealkylation sites (tertiary alicyclic amines) is 1. The second kappa shape index (κ2) is 5.76. The molecule has 0 aliphatic carbocycles. The zero-order chi connectivity index (χ0) is 15.6. The van der Waals surface area contributed by atoms with Crippen LogP contribution in [0.25, 0.3) is 0 Å². The van der Waals surface area contributed by atoms with Crippen LogP contribution in [0.1, 0.15) is 32.3 Å². The maximum atomic E-state index is 12.8. The quantitative estimate of drug-likeness (QED) is 0.832. The average Bonchev–Trinajstić information content (AvgIpc) is 2.47. The van der Waals surface area contributed by atoms with Crippen molar-refractivity contribution in [3.63, 3.8) is 0 Å². The molecule has 0 bridgehead atoms. The van der Waals surface area contributed by atoms with Crippen LogP contribution < -0.4 is 5.73 Å². The summed E-state index contributed by atoms with van der Waals surface area (Å²) in [7, 11) is 0.